The van der Waals surface area contributed by atoms with Crippen LogP contribution < -0.4 is 5.30 Å². The highest BCUT2D eigenvalue weighted by Crippen LogP contribution is 2.39. The van der Waals surface area contributed by atoms with Crippen LogP contribution in [0, 0.1) is 5.92 Å². The van der Waals surface area contributed by atoms with Crippen LogP contribution in [-0.2, 0) is 11.0 Å². The Labute approximate surface area is 123 Å². The van der Waals surface area contributed by atoms with Crippen LogP contribution in [0.1, 0.15) is 45.3 Å². The van der Waals surface area contributed by atoms with Gasteiger partial charge in [-0.25, -0.2) is 4.98 Å². The summed E-state index contributed by atoms with van der Waals surface area (Å²) < 4.78 is 22.6. The lowest BCUT2D eigenvalue weighted by Crippen LogP contribution is -2.05. The maximum Gasteiger partial charge on any atom is 0.360 e. The van der Waals surface area contributed by atoms with Gasteiger partial charge in [0.05, 0.1) is 6.26 Å². The molecular weight excluding hydrogens is 293 g/mol. The summed E-state index contributed by atoms with van der Waals surface area (Å²) in [5.41, 5.74) is 0.385. The molecule has 0 aliphatic carbocycles. The van der Waals surface area contributed by atoms with E-state index in [4.69, 9.17) is 8.83 Å². The first kappa shape index (κ1) is 16.0. The van der Waals surface area contributed by atoms with Crippen LogP contribution >= 0.6 is 7.60 Å². The predicted molar refractivity (Wildman–Crippen MR) is 78.5 cm³/mol. The molecule has 0 radical (unpaired) electrons. The van der Waals surface area contributed by atoms with Crippen molar-refractivity contribution in [3.8, 4) is 11.5 Å². The molecule has 21 heavy (non-hydrogen) atoms. The first-order valence-corrected chi connectivity index (χ1v) is 8.45. The number of hydrogen-bond acceptors (Lipinski definition) is 4. The van der Waals surface area contributed by atoms with Crippen LogP contribution in [-0.4, -0.2) is 14.8 Å². The van der Waals surface area contributed by atoms with Gasteiger partial charge in [-0.1, -0.05) is 27.7 Å². The lowest BCUT2D eigenvalue weighted by Gasteiger charge is -2.05. The van der Waals surface area contributed by atoms with Gasteiger partial charge in [0.25, 0.3) is 0 Å². The topological polar surface area (TPSA) is 96.7 Å². The van der Waals surface area contributed by atoms with Gasteiger partial charge in [-0.3, -0.25) is 4.57 Å². The van der Waals surface area contributed by atoms with Gasteiger partial charge in [-0.2, -0.15) is 0 Å². The van der Waals surface area contributed by atoms with E-state index >= 15 is 0 Å². The minimum Gasteiger partial charge on any atom is -0.462 e. The highest BCUT2D eigenvalue weighted by atomic mass is 31.2. The summed E-state index contributed by atoms with van der Waals surface area (Å²) in [4.78, 5) is 23.2. The van der Waals surface area contributed by atoms with E-state index in [-0.39, 0.29) is 17.0 Å². The van der Waals surface area contributed by atoms with Gasteiger partial charge in [0.15, 0.2) is 11.7 Å². The number of oxazole rings is 1. The average molecular weight is 313 g/mol. The molecule has 2 heterocycles. The fraction of sp³-hybridized carbons (Fsp3) is 0.500. The molecule has 0 bridgehead atoms. The Balaban J connectivity index is 2.57. The molecular formula is C14H20NO5P. The fourth-order valence-electron chi connectivity index (χ4n) is 2.01. The molecule has 2 N–H and O–H groups in total. The predicted octanol–water partition coefficient (Wildman–Crippen LogP) is 3.06. The van der Waals surface area contributed by atoms with Crippen molar-refractivity contribution in [3.05, 3.63) is 24.0 Å². The maximum absolute atomic E-state index is 11.5. The van der Waals surface area contributed by atoms with Crippen molar-refractivity contribution in [2.24, 2.45) is 5.92 Å². The highest BCUT2D eigenvalue weighted by molar-refractivity contribution is 7.60. The fourth-order valence-corrected chi connectivity index (χ4v) is 2.69. The second-order valence-corrected chi connectivity index (χ2v) is 7.33. The summed E-state index contributed by atoms with van der Waals surface area (Å²) >= 11 is 0. The average Bonchev–Trinajstić information content (AvgIpc) is 2.92. The van der Waals surface area contributed by atoms with Crippen molar-refractivity contribution in [1.29, 1.82) is 0 Å². The number of hydrogen-bond donors (Lipinski definition) is 2. The SMILES string of the molecule is CC(C)Cc1oc(C(C)C)nc1-c1occc1P(=O)(O)O. The molecule has 0 aromatic carbocycles. The summed E-state index contributed by atoms with van der Waals surface area (Å²) in [6.07, 6.45) is 1.88. The quantitative estimate of drug-likeness (QED) is 0.823. The van der Waals surface area contributed by atoms with Crippen LogP contribution in [0.5, 0.6) is 0 Å². The van der Waals surface area contributed by atoms with Gasteiger partial charge in [0.2, 0.25) is 0 Å². The first-order chi connectivity index (χ1) is 9.70. The molecule has 7 heteroatoms. The van der Waals surface area contributed by atoms with Crippen molar-refractivity contribution in [2.45, 2.75) is 40.0 Å². The van der Waals surface area contributed by atoms with Crippen LogP contribution in [0.4, 0.5) is 0 Å². The third kappa shape index (κ3) is 3.46. The van der Waals surface area contributed by atoms with E-state index in [1.807, 2.05) is 27.7 Å². The van der Waals surface area contributed by atoms with E-state index in [1.165, 1.54) is 12.3 Å². The second kappa shape index (κ2) is 5.79. The first-order valence-electron chi connectivity index (χ1n) is 6.83. The van der Waals surface area contributed by atoms with Gasteiger partial charge >= 0.3 is 7.60 Å². The lowest BCUT2D eigenvalue weighted by atomic mass is 10.1. The minimum absolute atomic E-state index is 0.0816. The van der Waals surface area contributed by atoms with E-state index in [1.54, 1.807) is 0 Å². The lowest BCUT2D eigenvalue weighted by molar-refractivity contribution is 0.387. The Morgan fingerprint density at radius 2 is 1.95 bits per heavy atom. The zero-order valence-corrected chi connectivity index (χ0v) is 13.4. The number of furan rings is 1. The van der Waals surface area contributed by atoms with E-state index < -0.39 is 7.60 Å². The molecule has 0 saturated carbocycles. The summed E-state index contributed by atoms with van der Waals surface area (Å²) in [6, 6.07) is 1.28. The third-order valence-electron chi connectivity index (χ3n) is 2.97. The molecule has 0 spiro atoms. The standard InChI is InChI=1S/C14H20NO5P/c1-8(2)7-10-12(15-14(20-10)9(3)4)13-11(5-6-19-13)21(16,17)18/h5-6,8-9H,7H2,1-4H3,(H2,16,17,18). The molecule has 2 aromatic heterocycles. The van der Waals surface area contributed by atoms with Gasteiger partial charge in [0.1, 0.15) is 16.8 Å². The van der Waals surface area contributed by atoms with Crippen LogP contribution in [0.25, 0.3) is 11.5 Å². The van der Waals surface area contributed by atoms with E-state index in [2.05, 4.69) is 4.98 Å². The van der Waals surface area contributed by atoms with E-state index in [0.717, 1.165) is 0 Å². The van der Waals surface area contributed by atoms with E-state index in [0.29, 0.717) is 29.7 Å². The van der Waals surface area contributed by atoms with Crippen molar-refractivity contribution < 1.29 is 23.2 Å². The van der Waals surface area contributed by atoms with Crippen LogP contribution in [0.2, 0.25) is 0 Å². The molecule has 6 nitrogen and oxygen atoms in total. The Morgan fingerprint density at radius 1 is 1.29 bits per heavy atom. The van der Waals surface area contributed by atoms with Crippen molar-refractivity contribution in [1.82, 2.24) is 4.98 Å². The largest absolute Gasteiger partial charge is 0.462 e. The Morgan fingerprint density at radius 3 is 2.48 bits per heavy atom. The summed E-state index contributed by atoms with van der Waals surface area (Å²) in [5, 5.41) is -0.156. The molecule has 0 amide bonds. The molecule has 0 aliphatic rings. The van der Waals surface area contributed by atoms with Gasteiger partial charge in [-0.05, 0) is 12.0 Å². The Bertz CT molecular complexity index is 665. The summed E-state index contributed by atoms with van der Waals surface area (Å²) in [6.45, 7) is 7.96. The Kier molecular flexibility index (Phi) is 4.42. The number of aromatic nitrogens is 1. The molecule has 0 atom stereocenters. The van der Waals surface area contributed by atoms with Crippen LogP contribution in [0.3, 0.4) is 0 Å². The molecule has 0 saturated heterocycles. The van der Waals surface area contributed by atoms with Crippen molar-refractivity contribution >= 4 is 12.9 Å². The second-order valence-electron chi connectivity index (χ2n) is 5.76. The number of nitrogens with zero attached hydrogens (tertiary/aromatic N) is 1. The molecule has 0 aliphatic heterocycles. The normalized spacial score (nSPS) is 12.6. The summed E-state index contributed by atoms with van der Waals surface area (Å²) in [7, 11) is -4.42. The monoisotopic (exact) mass is 313 g/mol. The highest BCUT2D eigenvalue weighted by Gasteiger charge is 2.29. The molecule has 0 fully saturated rings. The molecule has 2 rings (SSSR count). The van der Waals surface area contributed by atoms with Gasteiger partial charge in [-0.15, -0.1) is 0 Å². The third-order valence-corrected chi connectivity index (χ3v) is 3.95. The van der Waals surface area contributed by atoms with Crippen LogP contribution in [0.15, 0.2) is 21.2 Å². The minimum atomic E-state index is -4.42. The molecule has 2 aromatic rings. The number of rotatable bonds is 5. The maximum atomic E-state index is 11.5. The molecule has 116 valence electrons. The van der Waals surface area contributed by atoms with Gasteiger partial charge < -0.3 is 18.6 Å². The van der Waals surface area contributed by atoms with Crippen molar-refractivity contribution in [3.63, 3.8) is 0 Å². The zero-order valence-electron chi connectivity index (χ0n) is 12.5. The Hall–Kier alpha value is -1.36. The smallest absolute Gasteiger partial charge is 0.360 e. The van der Waals surface area contributed by atoms with Crippen molar-refractivity contribution in [2.75, 3.05) is 0 Å². The zero-order chi connectivity index (χ0) is 15.8. The van der Waals surface area contributed by atoms with Gasteiger partial charge in [0, 0.05) is 12.3 Å². The van der Waals surface area contributed by atoms with E-state index in [9.17, 15) is 14.4 Å². The summed E-state index contributed by atoms with van der Waals surface area (Å²) in [5.74, 6) is 1.63. The molecule has 0 unspecified atom stereocenters.